The van der Waals surface area contributed by atoms with Gasteiger partial charge >= 0.3 is 6.01 Å². The molecule has 0 atom stereocenters. The van der Waals surface area contributed by atoms with Crippen molar-refractivity contribution in [2.24, 2.45) is 0 Å². The predicted octanol–water partition coefficient (Wildman–Crippen LogP) is 4.50. The normalized spacial score (nSPS) is 10.4. The highest BCUT2D eigenvalue weighted by Crippen LogP contribution is 2.30. The number of anilines is 3. The van der Waals surface area contributed by atoms with E-state index in [0.29, 0.717) is 23.2 Å². The van der Waals surface area contributed by atoms with Gasteiger partial charge in [-0.3, -0.25) is 0 Å². The zero-order valence-corrected chi connectivity index (χ0v) is 17.7. The van der Waals surface area contributed by atoms with Crippen LogP contribution < -0.4 is 15.0 Å². The van der Waals surface area contributed by atoms with Crippen LogP contribution in [0.3, 0.4) is 0 Å². The van der Waals surface area contributed by atoms with Crippen molar-refractivity contribution >= 4 is 23.7 Å². The van der Waals surface area contributed by atoms with Gasteiger partial charge in [-0.1, -0.05) is 0 Å². The standard InChI is InChI=1S/C23H21N7O/c1-15-12-18(6-5-11-24)13-16(2)20(15)31-23-28-21(27-22(29-23)30(3)4)26-19-9-7-17(14-25)8-10-19/h5-10,12-13H,1-4H3,(H,26,27,28,29)/b6-5-. The number of hydrogen-bond donors (Lipinski definition) is 1. The number of hydrogen-bond acceptors (Lipinski definition) is 8. The molecule has 0 saturated carbocycles. The molecule has 3 rings (SSSR count). The lowest BCUT2D eigenvalue weighted by Gasteiger charge is -2.15. The number of nitrogens with zero attached hydrogens (tertiary/aromatic N) is 6. The summed E-state index contributed by atoms with van der Waals surface area (Å²) in [5.41, 5.74) is 4.01. The fourth-order valence-corrected chi connectivity index (χ4v) is 2.87. The first-order chi connectivity index (χ1) is 14.9. The fraction of sp³-hybridized carbons (Fsp3) is 0.174. The van der Waals surface area contributed by atoms with Crippen molar-refractivity contribution in [2.45, 2.75) is 13.8 Å². The molecule has 0 radical (unpaired) electrons. The molecule has 0 saturated heterocycles. The Kier molecular flexibility index (Phi) is 6.44. The van der Waals surface area contributed by atoms with Gasteiger partial charge in [-0.05, 0) is 73.0 Å². The minimum absolute atomic E-state index is 0.154. The van der Waals surface area contributed by atoms with E-state index in [0.717, 1.165) is 22.4 Å². The van der Waals surface area contributed by atoms with E-state index in [2.05, 4.69) is 26.3 Å². The maximum absolute atomic E-state index is 8.95. The van der Waals surface area contributed by atoms with Gasteiger partial charge in [-0.25, -0.2) is 0 Å². The third-order valence-electron chi connectivity index (χ3n) is 4.30. The molecular formula is C23H21N7O. The van der Waals surface area contributed by atoms with Crippen LogP contribution in [0.4, 0.5) is 17.6 Å². The third-order valence-corrected chi connectivity index (χ3v) is 4.30. The largest absolute Gasteiger partial charge is 0.424 e. The maximum Gasteiger partial charge on any atom is 0.328 e. The zero-order chi connectivity index (χ0) is 22.4. The molecule has 31 heavy (non-hydrogen) atoms. The number of nitriles is 2. The van der Waals surface area contributed by atoms with Crippen molar-refractivity contribution in [3.05, 3.63) is 64.7 Å². The highest BCUT2D eigenvalue weighted by molar-refractivity contribution is 5.59. The highest BCUT2D eigenvalue weighted by atomic mass is 16.5. The first-order valence-electron chi connectivity index (χ1n) is 9.45. The number of ether oxygens (including phenoxy) is 1. The molecule has 0 bridgehead atoms. The molecule has 1 N–H and O–H groups in total. The topological polar surface area (TPSA) is 111 Å². The van der Waals surface area contributed by atoms with Gasteiger partial charge in [0, 0.05) is 25.9 Å². The van der Waals surface area contributed by atoms with E-state index in [9.17, 15) is 0 Å². The van der Waals surface area contributed by atoms with Crippen molar-refractivity contribution in [3.63, 3.8) is 0 Å². The number of benzene rings is 2. The first-order valence-corrected chi connectivity index (χ1v) is 9.45. The van der Waals surface area contributed by atoms with Gasteiger partial charge in [-0.15, -0.1) is 0 Å². The van der Waals surface area contributed by atoms with E-state index in [1.165, 1.54) is 6.08 Å². The molecule has 0 amide bonds. The fourth-order valence-electron chi connectivity index (χ4n) is 2.87. The molecule has 3 aromatic rings. The van der Waals surface area contributed by atoms with Gasteiger partial charge in [0.1, 0.15) is 5.75 Å². The molecule has 8 heteroatoms. The third kappa shape index (κ3) is 5.34. The van der Waals surface area contributed by atoms with Gasteiger partial charge in [0.25, 0.3) is 0 Å². The van der Waals surface area contributed by atoms with Crippen LogP contribution >= 0.6 is 0 Å². The second-order valence-electron chi connectivity index (χ2n) is 7.00. The predicted molar refractivity (Wildman–Crippen MR) is 119 cm³/mol. The lowest BCUT2D eigenvalue weighted by atomic mass is 10.1. The van der Waals surface area contributed by atoms with Gasteiger partial charge < -0.3 is 15.0 Å². The van der Waals surface area contributed by atoms with E-state index < -0.39 is 0 Å². The average molecular weight is 411 g/mol. The van der Waals surface area contributed by atoms with Crippen LogP contribution in [-0.4, -0.2) is 29.0 Å². The summed E-state index contributed by atoms with van der Waals surface area (Å²) < 4.78 is 6.04. The molecular weight excluding hydrogens is 390 g/mol. The van der Waals surface area contributed by atoms with Crippen LogP contribution in [0.2, 0.25) is 0 Å². The summed E-state index contributed by atoms with van der Waals surface area (Å²) >= 11 is 0. The summed E-state index contributed by atoms with van der Waals surface area (Å²) in [6.45, 7) is 3.85. The van der Waals surface area contributed by atoms with Gasteiger partial charge in [-0.2, -0.15) is 25.5 Å². The molecule has 2 aromatic carbocycles. The Morgan fingerprint density at radius 1 is 1.00 bits per heavy atom. The van der Waals surface area contributed by atoms with Crippen LogP contribution in [-0.2, 0) is 0 Å². The highest BCUT2D eigenvalue weighted by Gasteiger charge is 2.14. The summed E-state index contributed by atoms with van der Waals surface area (Å²) in [5, 5.41) is 20.8. The van der Waals surface area contributed by atoms with E-state index in [4.69, 9.17) is 15.3 Å². The molecule has 0 fully saturated rings. The second-order valence-corrected chi connectivity index (χ2v) is 7.00. The van der Waals surface area contributed by atoms with Crippen LogP contribution in [0.15, 0.2) is 42.5 Å². The Labute approximate surface area is 181 Å². The number of rotatable bonds is 6. The van der Waals surface area contributed by atoms with Crippen LogP contribution in [0.5, 0.6) is 11.8 Å². The van der Waals surface area contributed by atoms with Crippen molar-refractivity contribution in [1.82, 2.24) is 15.0 Å². The SMILES string of the molecule is Cc1cc(/C=C\C#N)cc(C)c1Oc1nc(Nc2ccc(C#N)cc2)nc(N(C)C)n1. The molecule has 0 aliphatic heterocycles. The summed E-state index contributed by atoms with van der Waals surface area (Å²) in [6.07, 6.45) is 3.18. The summed E-state index contributed by atoms with van der Waals surface area (Å²) in [4.78, 5) is 15.0. The lowest BCUT2D eigenvalue weighted by molar-refractivity contribution is 0.434. The van der Waals surface area contributed by atoms with Crippen LogP contribution in [0, 0.1) is 36.5 Å². The first kappa shape index (κ1) is 21.3. The molecule has 0 spiro atoms. The number of allylic oxidation sites excluding steroid dienone is 1. The molecule has 154 valence electrons. The summed E-state index contributed by atoms with van der Waals surface area (Å²) in [5.74, 6) is 1.40. The van der Waals surface area contributed by atoms with Crippen molar-refractivity contribution in [3.8, 4) is 23.9 Å². The average Bonchev–Trinajstić information content (AvgIpc) is 2.75. The Bertz CT molecular complexity index is 1180. The van der Waals surface area contributed by atoms with Crippen LogP contribution in [0.1, 0.15) is 22.3 Å². The molecule has 0 unspecified atom stereocenters. The van der Waals surface area contributed by atoms with E-state index in [1.807, 2.05) is 46.1 Å². The van der Waals surface area contributed by atoms with E-state index in [-0.39, 0.29) is 6.01 Å². The molecule has 0 aliphatic rings. The Balaban J connectivity index is 1.93. The lowest BCUT2D eigenvalue weighted by Crippen LogP contribution is -2.15. The Hall–Kier alpha value is -4.43. The van der Waals surface area contributed by atoms with Gasteiger partial charge in [0.05, 0.1) is 17.7 Å². The van der Waals surface area contributed by atoms with Gasteiger partial charge in [0.15, 0.2) is 0 Å². The Morgan fingerprint density at radius 3 is 2.26 bits per heavy atom. The Morgan fingerprint density at radius 2 is 1.68 bits per heavy atom. The van der Waals surface area contributed by atoms with E-state index in [1.54, 1.807) is 35.2 Å². The van der Waals surface area contributed by atoms with Crippen molar-refractivity contribution in [2.75, 3.05) is 24.3 Å². The van der Waals surface area contributed by atoms with Crippen LogP contribution in [0.25, 0.3) is 6.08 Å². The second kappa shape index (κ2) is 9.38. The summed E-state index contributed by atoms with van der Waals surface area (Å²) in [6, 6.07) is 15.1. The van der Waals surface area contributed by atoms with E-state index >= 15 is 0 Å². The quantitative estimate of drug-likeness (QED) is 0.590. The van der Waals surface area contributed by atoms with Crippen molar-refractivity contribution in [1.29, 1.82) is 10.5 Å². The number of nitrogens with one attached hydrogen (secondary N) is 1. The van der Waals surface area contributed by atoms with Crippen molar-refractivity contribution < 1.29 is 4.74 Å². The summed E-state index contributed by atoms with van der Waals surface area (Å²) in [7, 11) is 3.66. The minimum Gasteiger partial charge on any atom is -0.424 e. The molecule has 1 heterocycles. The number of aromatic nitrogens is 3. The molecule has 1 aromatic heterocycles. The monoisotopic (exact) mass is 411 g/mol. The van der Waals surface area contributed by atoms with Gasteiger partial charge in [0.2, 0.25) is 11.9 Å². The smallest absolute Gasteiger partial charge is 0.328 e. The number of aryl methyl sites for hydroxylation is 2. The minimum atomic E-state index is 0.154. The maximum atomic E-state index is 8.95. The zero-order valence-electron chi connectivity index (χ0n) is 17.7. The molecule has 8 nitrogen and oxygen atoms in total. The molecule has 0 aliphatic carbocycles.